The molecule has 1 aromatic carbocycles. The number of nitrogens with zero attached hydrogens (tertiary/aromatic N) is 1. The fourth-order valence-electron chi connectivity index (χ4n) is 1.58. The predicted molar refractivity (Wildman–Crippen MR) is 70.4 cm³/mol. The Bertz CT molecular complexity index is 399. The molecule has 1 atom stereocenters. The van der Waals surface area contributed by atoms with Gasteiger partial charge in [0, 0.05) is 13.7 Å². The summed E-state index contributed by atoms with van der Waals surface area (Å²) in [7, 11) is 1.64. The fraction of sp³-hybridized carbons (Fsp3) is 0.500. The first kappa shape index (κ1) is 14.5. The summed E-state index contributed by atoms with van der Waals surface area (Å²) in [5.41, 5.74) is 0.909. The van der Waals surface area contributed by atoms with Gasteiger partial charge in [-0.2, -0.15) is 5.26 Å². The molecule has 0 aliphatic carbocycles. The maximum Gasteiger partial charge on any atom is 0.121 e. The molecular weight excluding hydrogens is 228 g/mol. The van der Waals surface area contributed by atoms with Crippen LogP contribution in [0.2, 0.25) is 0 Å². The number of hydrogen-bond acceptors (Lipinski definition) is 4. The number of hydrogen-bond donors (Lipinski definition) is 1. The van der Waals surface area contributed by atoms with Crippen molar-refractivity contribution in [2.45, 2.75) is 26.0 Å². The number of nitrogens with one attached hydrogen (secondary N) is 1. The van der Waals surface area contributed by atoms with Gasteiger partial charge in [0.25, 0.3) is 0 Å². The highest BCUT2D eigenvalue weighted by atomic mass is 16.5. The van der Waals surface area contributed by atoms with Crippen molar-refractivity contribution in [1.82, 2.24) is 5.32 Å². The third-order valence-corrected chi connectivity index (χ3v) is 2.35. The van der Waals surface area contributed by atoms with Gasteiger partial charge in [0.1, 0.15) is 11.8 Å². The largest absolute Gasteiger partial charge is 0.491 e. The Morgan fingerprint density at radius 2 is 2.17 bits per heavy atom. The number of methoxy groups -OCH3 is 1. The van der Waals surface area contributed by atoms with Crippen molar-refractivity contribution in [1.29, 1.82) is 5.26 Å². The molecule has 1 N–H and O–H groups in total. The quantitative estimate of drug-likeness (QED) is 0.752. The molecule has 4 heteroatoms. The van der Waals surface area contributed by atoms with Crippen molar-refractivity contribution in [2.75, 3.05) is 20.3 Å². The van der Waals surface area contributed by atoms with E-state index in [2.05, 4.69) is 11.4 Å². The molecule has 0 aliphatic heterocycles. The highest BCUT2D eigenvalue weighted by molar-refractivity contribution is 5.33. The monoisotopic (exact) mass is 248 g/mol. The number of ether oxygens (including phenoxy) is 2. The summed E-state index contributed by atoms with van der Waals surface area (Å²) >= 11 is 0. The molecule has 1 aromatic rings. The summed E-state index contributed by atoms with van der Waals surface area (Å²) in [5.74, 6) is 0.788. The van der Waals surface area contributed by atoms with Crippen LogP contribution in [0, 0.1) is 11.3 Å². The van der Waals surface area contributed by atoms with Crippen molar-refractivity contribution in [3.63, 3.8) is 0 Å². The Morgan fingerprint density at radius 1 is 1.39 bits per heavy atom. The Balaban J connectivity index is 2.70. The number of benzene rings is 1. The summed E-state index contributed by atoms with van der Waals surface area (Å²) in [4.78, 5) is 0. The van der Waals surface area contributed by atoms with Crippen LogP contribution in [0.1, 0.15) is 25.5 Å². The van der Waals surface area contributed by atoms with Gasteiger partial charge in [0.05, 0.1) is 18.8 Å². The first-order valence-electron chi connectivity index (χ1n) is 6.06. The third kappa shape index (κ3) is 4.74. The summed E-state index contributed by atoms with van der Waals surface area (Å²) in [6.07, 6.45) is 0.127. The van der Waals surface area contributed by atoms with E-state index in [4.69, 9.17) is 14.7 Å². The van der Waals surface area contributed by atoms with E-state index in [9.17, 15) is 0 Å². The topological polar surface area (TPSA) is 54.3 Å². The second kappa shape index (κ2) is 7.70. The molecule has 0 spiro atoms. The van der Waals surface area contributed by atoms with E-state index in [0.29, 0.717) is 13.2 Å². The minimum Gasteiger partial charge on any atom is -0.491 e. The van der Waals surface area contributed by atoms with Crippen molar-refractivity contribution in [2.24, 2.45) is 0 Å². The van der Waals surface area contributed by atoms with E-state index in [-0.39, 0.29) is 12.1 Å². The molecule has 18 heavy (non-hydrogen) atoms. The Labute approximate surface area is 109 Å². The number of rotatable bonds is 7. The molecule has 0 heterocycles. The first-order chi connectivity index (χ1) is 8.67. The van der Waals surface area contributed by atoms with E-state index in [1.165, 1.54) is 0 Å². The summed E-state index contributed by atoms with van der Waals surface area (Å²) < 4.78 is 10.6. The zero-order valence-electron chi connectivity index (χ0n) is 11.1. The van der Waals surface area contributed by atoms with Gasteiger partial charge in [0.15, 0.2) is 0 Å². The summed E-state index contributed by atoms with van der Waals surface area (Å²) in [5, 5.41) is 12.3. The zero-order valence-corrected chi connectivity index (χ0v) is 11.1. The van der Waals surface area contributed by atoms with Crippen molar-refractivity contribution >= 4 is 0 Å². The van der Waals surface area contributed by atoms with Crippen LogP contribution < -0.4 is 10.1 Å². The van der Waals surface area contributed by atoms with Crippen molar-refractivity contribution in [3.05, 3.63) is 29.8 Å². The third-order valence-electron chi connectivity index (χ3n) is 2.35. The normalized spacial score (nSPS) is 12.2. The van der Waals surface area contributed by atoms with Crippen LogP contribution in [-0.2, 0) is 4.74 Å². The predicted octanol–water partition coefficient (Wildman–Crippen LogP) is 2.27. The van der Waals surface area contributed by atoms with Gasteiger partial charge >= 0.3 is 0 Å². The van der Waals surface area contributed by atoms with E-state index in [0.717, 1.165) is 11.3 Å². The highest BCUT2D eigenvalue weighted by Crippen LogP contribution is 2.19. The van der Waals surface area contributed by atoms with Crippen molar-refractivity contribution in [3.8, 4) is 11.8 Å². The smallest absolute Gasteiger partial charge is 0.121 e. The van der Waals surface area contributed by atoms with Gasteiger partial charge in [-0.25, -0.2) is 0 Å². The fourth-order valence-corrected chi connectivity index (χ4v) is 1.58. The van der Waals surface area contributed by atoms with Crippen LogP contribution in [0.5, 0.6) is 5.75 Å². The van der Waals surface area contributed by atoms with Crippen LogP contribution in [0.3, 0.4) is 0 Å². The molecule has 0 amide bonds. The lowest BCUT2D eigenvalue weighted by Crippen LogP contribution is -2.24. The van der Waals surface area contributed by atoms with Crippen LogP contribution in [0.4, 0.5) is 0 Å². The Kier molecular flexibility index (Phi) is 6.20. The molecule has 1 unspecified atom stereocenters. The van der Waals surface area contributed by atoms with Crippen LogP contribution in [-0.4, -0.2) is 26.4 Å². The van der Waals surface area contributed by atoms with E-state index < -0.39 is 0 Å². The molecule has 98 valence electrons. The van der Waals surface area contributed by atoms with Crippen LogP contribution in [0.15, 0.2) is 24.3 Å². The second-order valence-electron chi connectivity index (χ2n) is 4.25. The van der Waals surface area contributed by atoms with Gasteiger partial charge in [-0.1, -0.05) is 12.1 Å². The van der Waals surface area contributed by atoms with E-state index >= 15 is 0 Å². The molecule has 0 fully saturated rings. The minimum atomic E-state index is -0.337. The molecule has 0 aromatic heterocycles. The molecule has 0 saturated carbocycles. The summed E-state index contributed by atoms with van der Waals surface area (Å²) in [6, 6.07) is 9.51. The highest BCUT2D eigenvalue weighted by Gasteiger charge is 2.10. The Morgan fingerprint density at radius 3 is 2.78 bits per heavy atom. The van der Waals surface area contributed by atoms with Gasteiger partial charge in [-0.05, 0) is 31.5 Å². The van der Waals surface area contributed by atoms with Gasteiger partial charge in [-0.15, -0.1) is 0 Å². The molecular formula is C14H20N2O2. The second-order valence-corrected chi connectivity index (χ2v) is 4.25. The molecule has 0 radical (unpaired) electrons. The maximum absolute atomic E-state index is 9.16. The molecule has 4 nitrogen and oxygen atoms in total. The first-order valence-corrected chi connectivity index (χ1v) is 6.06. The molecule has 0 aliphatic rings. The van der Waals surface area contributed by atoms with Crippen LogP contribution in [0.25, 0.3) is 0 Å². The lowest BCUT2D eigenvalue weighted by Gasteiger charge is -2.14. The molecule has 1 rings (SSSR count). The Hall–Kier alpha value is -1.57. The number of nitriles is 1. The van der Waals surface area contributed by atoms with Crippen molar-refractivity contribution < 1.29 is 9.47 Å². The van der Waals surface area contributed by atoms with Gasteiger partial charge in [0.2, 0.25) is 0 Å². The lowest BCUT2D eigenvalue weighted by molar-refractivity contribution is 0.198. The minimum absolute atomic E-state index is 0.127. The average molecular weight is 248 g/mol. The molecule has 0 saturated heterocycles. The lowest BCUT2D eigenvalue weighted by atomic mass is 10.1. The van der Waals surface area contributed by atoms with Gasteiger partial charge < -0.3 is 9.47 Å². The van der Waals surface area contributed by atoms with Gasteiger partial charge in [-0.3, -0.25) is 5.32 Å². The summed E-state index contributed by atoms with van der Waals surface area (Å²) in [6.45, 7) is 5.18. The SMILES string of the molecule is COCCNC(C#N)c1cccc(OC(C)C)c1. The zero-order chi connectivity index (χ0) is 13.4. The van der Waals surface area contributed by atoms with E-state index in [1.807, 2.05) is 38.1 Å². The average Bonchev–Trinajstić information content (AvgIpc) is 2.34. The van der Waals surface area contributed by atoms with Crippen LogP contribution >= 0.6 is 0 Å². The molecule has 0 bridgehead atoms. The van der Waals surface area contributed by atoms with E-state index in [1.54, 1.807) is 7.11 Å². The maximum atomic E-state index is 9.16. The standard InChI is InChI=1S/C14H20N2O2/c1-11(2)18-13-6-4-5-12(9-13)14(10-15)16-7-8-17-3/h4-6,9,11,14,16H,7-8H2,1-3H3.